The molecule has 2 saturated heterocycles. The van der Waals surface area contributed by atoms with E-state index in [-0.39, 0.29) is 29.7 Å². The van der Waals surface area contributed by atoms with E-state index >= 15 is 0 Å². The summed E-state index contributed by atoms with van der Waals surface area (Å²) in [5.74, 6) is 1.63. The molecule has 0 radical (unpaired) electrons. The van der Waals surface area contributed by atoms with Gasteiger partial charge in [0, 0.05) is 38.0 Å². The highest BCUT2D eigenvalue weighted by Gasteiger charge is 2.39. The topological polar surface area (TPSA) is 79.5 Å². The van der Waals surface area contributed by atoms with Crippen LogP contribution in [0.5, 0.6) is 0 Å². The number of hydrogen-bond acceptors (Lipinski definition) is 5. The van der Waals surface area contributed by atoms with E-state index in [1.54, 1.807) is 0 Å². The Kier molecular flexibility index (Phi) is 5.39. The molecular weight excluding hydrogens is 320 g/mol. The number of amides is 2. The van der Waals surface area contributed by atoms with Crippen LogP contribution in [0.4, 0.5) is 0 Å². The lowest BCUT2D eigenvalue weighted by Gasteiger charge is -2.32. The number of aromatic nitrogens is 2. The first-order valence-corrected chi connectivity index (χ1v) is 9.38. The van der Waals surface area contributed by atoms with Gasteiger partial charge in [-0.1, -0.05) is 18.5 Å². The fourth-order valence-electron chi connectivity index (χ4n) is 3.98. The Hall–Kier alpha value is -1.92. The summed E-state index contributed by atoms with van der Waals surface area (Å²) < 4.78 is 5.26. The van der Waals surface area contributed by atoms with Gasteiger partial charge in [0.05, 0.1) is 5.92 Å². The molecular formula is C18H28N4O3. The van der Waals surface area contributed by atoms with Crippen molar-refractivity contribution in [2.75, 3.05) is 19.6 Å². The van der Waals surface area contributed by atoms with Crippen molar-refractivity contribution in [3.63, 3.8) is 0 Å². The first-order chi connectivity index (χ1) is 12.0. The van der Waals surface area contributed by atoms with Gasteiger partial charge in [0.1, 0.15) is 0 Å². The second-order valence-corrected chi connectivity index (χ2v) is 7.36. The molecule has 2 aliphatic rings. The number of nitrogens with zero attached hydrogens (tertiary/aromatic N) is 4. The van der Waals surface area contributed by atoms with Crippen molar-refractivity contribution < 1.29 is 14.1 Å². The standard InChI is InChI=1S/C18H28N4O3/c1-4-5-12(2)22-11-15(10-16(22)23)18(24)21-8-6-14(7-9-21)17-19-13(3)20-25-17/h12,14-15H,4-11H2,1-3H3/t12-,15-/m0/s1. The van der Waals surface area contributed by atoms with Gasteiger partial charge >= 0.3 is 0 Å². The maximum Gasteiger partial charge on any atom is 0.229 e. The van der Waals surface area contributed by atoms with Crippen LogP contribution in [0.3, 0.4) is 0 Å². The van der Waals surface area contributed by atoms with E-state index in [0.29, 0.717) is 37.8 Å². The summed E-state index contributed by atoms with van der Waals surface area (Å²) in [5.41, 5.74) is 0. The summed E-state index contributed by atoms with van der Waals surface area (Å²) in [7, 11) is 0. The zero-order valence-corrected chi connectivity index (χ0v) is 15.4. The maximum atomic E-state index is 12.8. The van der Waals surface area contributed by atoms with Crippen molar-refractivity contribution in [2.45, 2.75) is 64.8 Å². The molecule has 2 aliphatic heterocycles. The summed E-state index contributed by atoms with van der Waals surface area (Å²) in [5, 5.41) is 3.85. The highest BCUT2D eigenvalue weighted by atomic mass is 16.5. The molecule has 0 spiro atoms. The van der Waals surface area contributed by atoms with Gasteiger partial charge in [0.15, 0.2) is 5.82 Å². The minimum absolute atomic E-state index is 0.121. The molecule has 0 bridgehead atoms. The van der Waals surface area contributed by atoms with Gasteiger partial charge in [-0.15, -0.1) is 0 Å². The third-order valence-corrected chi connectivity index (χ3v) is 5.45. The fraction of sp³-hybridized carbons (Fsp3) is 0.778. The third-order valence-electron chi connectivity index (χ3n) is 5.45. The molecule has 0 unspecified atom stereocenters. The lowest BCUT2D eigenvalue weighted by atomic mass is 9.95. The summed E-state index contributed by atoms with van der Waals surface area (Å²) in [6, 6.07) is 0.224. The lowest BCUT2D eigenvalue weighted by molar-refractivity contribution is -0.137. The molecule has 3 heterocycles. The Bertz CT molecular complexity index is 622. The van der Waals surface area contributed by atoms with Gasteiger partial charge in [0.2, 0.25) is 17.7 Å². The molecule has 25 heavy (non-hydrogen) atoms. The van der Waals surface area contributed by atoms with Gasteiger partial charge in [-0.25, -0.2) is 0 Å². The van der Waals surface area contributed by atoms with Crippen LogP contribution in [-0.2, 0) is 9.59 Å². The summed E-state index contributed by atoms with van der Waals surface area (Å²) >= 11 is 0. The van der Waals surface area contributed by atoms with Gasteiger partial charge in [0.25, 0.3) is 0 Å². The molecule has 0 aromatic carbocycles. The first-order valence-electron chi connectivity index (χ1n) is 9.38. The number of rotatable bonds is 5. The normalized spacial score (nSPS) is 23.3. The number of carbonyl (C=O) groups excluding carboxylic acids is 2. The molecule has 1 aromatic rings. The molecule has 2 fully saturated rings. The van der Waals surface area contributed by atoms with E-state index in [9.17, 15) is 9.59 Å². The van der Waals surface area contributed by atoms with Gasteiger partial charge in [-0.05, 0) is 33.1 Å². The van der Waals surface area contributed by atoms with Gasteiger partial charge < -0.3 is 14.3 Å². The Morgan fingerprint density at radius 2 is 2.08 bits per heavy atom. The second-order valence-electron chi connectivity index (χ2n) is 7.36. The van der Waals surface area contributed by atoms with Crippen LogP contribution < -0.4 is 0 Å². The zero-order chi connectivity index (χ0) is 18.0. The fourth-order valence-corrected chi connectivity index (χ4v) is 3.98. The van der Waals surface area contributed by atoms with Crippen LogP contribution in [-0.4, -0.2) is 57.4 Å². The van der Waals surface area contributed by atoms with E-state index < -0.39 is 0 Å². The summed E-state index contributed by atoms with van der Waals surface area (Å²) in [4.78, 5) is 33.2. The SMILES string of the molecule is CCC[C@H](C)N1C[C@@H](C(=O)N2CCC(c3nc(C)no3)CC2)CC1=O. The van der Waals surface area contributed by atoms with Crippen molar-refractivity contribution in [3.8, 4) is 0 Å². The van der Waals surface area contributed by atoms with E-state index in [0.717, 1.165) is 25.7 Å². The van der Waals surface area contributed by atoms with Gasteiger partial charge in [-0.2, -0.15) is 4.98 Å². The van der Waals surface area contributed by atoms with E-state index in [2.05, 4.69) is 24.0 Å². The monoisotopic (exact) mass is 348 g/mol. The highest BCUT2D eigenvalue weighted by molar-refractivity contribution is 5.89. The Labute approximate surface area is 148 Å². The first kappa shape index (κ1) is 17.9. The van der Waals surface area contributed by atoms with Crippen LogP contribution in [0.1, 0.15) is 63.6 Å². The van der Waals surface area contributed by atoms with Crippen molar-refractivity contribution in [2.24, 2.45) is 5.92 Å². The number of piperidine rings is 1. The molecule has 3 rings (SSSR count). The average molecular weight is 348 g/mol. The number of hydrogen-bond donors (Lipinski definition) is 0. The molecule has 7 heteroatoms. The molecule has 7 nitrogen and oxygen atoms in total. The molecule has 0 aliphatic carbocycles. The number of likely N-dealkylation sites (tertiary alicyclic amines) is 2. The van der Waals surface area contributed by atoms with Crippen molar-refractivity contribution in [3.05, 3.63) is 11.7 Å². The highest BCUT2D eigenvalue weighted by Crippen LogP contribution is 2.29. The molecule has 138 valence electrons. The minimum atomic E-state index is -0.186. The van der Waals surface area contributed by atoms with Crippen LogP contribution >= 0.6 is 0 Å². The van der Waals surface area contributed by atoms with Crippen molar-refractivity contribution >= 4 is 11.8 Å². The van der Waals surface area contributed by atoms with Crippen LogP contribution in [0.2, 0.25) is 0 Å². The number of aryl methyl sites for hydroxylation is 1. The third kappa shape index (κ3) is 3.85. The van der Waals surface area contributed by atoms with Crippen molar-refractivity contribution in [1.29, 1.82) is 0 Å². The minimum Gasteiger partial charge on any atom is -0.342 e. The smallest absolute Gasteiger partial charge is 0.229 e. The molecule has 1 aromatic heterocycles. The predicted molar refractivity (Wildman–Crippen MR) is 91.8 cm³/mol. The largest absolute Gasteiger partial charge is 0.342 e. The van der Waals surface area contributed by atoms with Crippen LogP contribution in [0.25, 0.3) is 0 Å². The Morgan fingerprint density at radius 3 is 2.68 bits per heavy atom. The quantitative estimate of drug-likeness (QED) is 0.814. The Morgan fingerprint density at radius 1 is 1.36 bits per heavy atom. The zero-order valence-electron chi connectivity index (χ0n) is 15.4. The van der Waals surface area contributed by atoms with Crippen LogP contribution in [0.15, 0.2) is 4.52 Å². The van der Waals surface area contributed by atoms with E-state index in [4.69, 9.17) is 4.52 Å². The predicted octanol–water partition coefficient (Wildman–Crippen LogP) is 2.12. The second kappa shape index (κ2) is 7.54. The average Bonchev–Trinajstić information content (AvgIpc) is 3.20. The van der Waals surface area contributed by atoms with Crippen LogP contribution in [0, 0.1) is 12.8 Å². The molecule has 2 atom stereocenters. The van der Waals surface area contributed by atoms with Crippen molar-refractivity contribution in [1.82, 2.24) is 19.9 Å². The molecule has 0 N–H and O–H groups in total. The van der Waals surface area contributed by atoms with Gasteiger partial charge in [-0.3, -0.25) is 9.59 Å². The van der Waals surface area contributed by atoms with E-state index in [1.807, 2.05) is 16.7 Å². The summed E-state index contributed by atoms with van der Waals surface area (Å²) in [6.07, 6.45) is 4.07. The molecule has 2 amide bonds. The number of carbonyl (C=O) groups is 2. The maximum absolute atomic E-state index is 12.8. The lowest BCUT2D eigenvalue weighted by Crippen LogP contribution is -2.42. The van der Waals surface area contributed by atoms with E-state index in [1.165, 1.54) is 0 Å². The summed E-state index contributed by atoms with van der Waals surface area (Å²) in [6.45, 7) is 7.97. The molecule has 0 saturated carbocycles. The Balaban J connectivity index is 1.53.